The number of nitrogens with one attached hydrogen (secondary N) is 1. The first kappa shape index (κ1) is 12.0. The summed E-state index contributed by atoms with van der Waals surface area (Å²) in [7, 11) is 1.76. The summed E-state index contributed by atoms with van der Waals surface area (Å²) >= 11 is 0. The van der Waals surface area contributed by atoms with E-state index in [4.69, 9.17) is 4.74 Å². The van der Waals surface area contributed by atoms with Crippen molar-refractivity contribution >= 4 is 11.9 Å². The van der Waals surface area contributed by atoms with Crippen molar-refractivity contribution in [2.45, 2.75) is 38.7 Å². The number of rotatable bonds is 3. The molecule has 0 radical (unpaired) electrons. The Balaban J connectivity index is 1.86. The number of carbonyl (C=O) groups is 1. The number of carbonyl (C=O) groups excluding carboxylic acids is 1. The Kier molecular flexibility index (Phi) is 3.73. The molecule has 2 rings (SSSR count). The van der Waals surface area contributed by atoms with Crippen LogP contribution in [-0.4, -0.2) is 33.4 Å². The zero-order valence-corrected chi connectivity index (χ0v) is 10.3. The molecule has 0 bridgehead atoms. The van der Waals surface area contributed by atoms with E-state index in [1.807, 2.05) is 0 Å². The molecule has 1 fully saturated rings. The lowest BCUT2D eigenvalue weighted by atomic mass is 10.1. The smallest absolute Gasteiger partial charge is 0.229 e. The standard InChI is InChI=1S/C11H18N4O2/c1-8-12-11(15(2)14-8)13-10(16)7-9-5-3-4-6-17-9/h9H,3-7H2,1-2H3,(H,12,13,14,16)/t9-/m1/s1. The molecule has 0 aromatic carbocycles. The number of aromatic nitrogens is 3. The molecule has 6 heteroatoms. The van der Waals surface area contributed by atoms with Gasteiger partial charge in [0.25, 0.3) is 0 Å². The third-order valence-electron chi connectivity index (χ3n) is 2.81. The summed E-state index contributed by atoms with van der Waals surface area (Å²) < 4.78 is 7.08. The molecule has 0 aliphatic carbocycles. The minimum atomic E-state index is -0.0626. The van der Waals surface area contributed by atoms with E-state index in [9.17, 15) is 4.79 Å². The largest absolute Gasteiger partial charge is 0.378 e. The van der Waals surface area contributed by atoms with Gasteiger partial charge in [0, 0.05) is 13.7 Å². The fraction of sp³-hybridized carbons (Fsp3) is 0.727. The fourth-order valence-corrected chi connectivity index (χ4v) is 1.97. The molecule has 2 heterocycles. The van der Waals surface area contributed by atoms with Crippen molar-refractivity contribution in [3.8, 4) is 0 Å². The maximum atomic E-state index is 11.8. The fourth-order valence-electron chi connectivity index (χ4n) is 1.97. The molecule has 0 unspecified atom stereocenters. The van der Waals surface area contributed by atoms with E-state index in [1.165, 1.54) is 0 Å². The molecule has 1 aromatic rings. The van der Waals surface area contributed by atoms with Crippen LogP contribution >= 0.6 is 0 Å². The Morgan fingerprint density at radius 3 is 3.00 bits per heavy atom. The van der Waals surface area contributed by atoms with Gasteiger partial charge in [-0.1, -0.05) is 0 Å². The predicted octanol–water partition coefficient (Wildman–Crippen LogP) is 1.02. The topological polar surface area (TPSA) is 69.0 Å². The molecule has 0 saturated carbocycles. The second-order valence-corrected chi connectivity index (χ2v) is 4.35. The number of hydrogen-bond acceptors (Lipinski definition) is 4. The van der Waals surface area contributed by atoms with E-state index in [2.05, 4.69) is 15.4 Å². The summed E-state index contributed by atoms with van der Waals surface area (Å²) in [5.74, 6) is 1.08. The average molecular weight is 238 g/mol. The first-order valence-electron chi connectivity index (χ1n) is 5.94. The number of ether oxygens (including phenoxy) is 1. The van der Waals surface area contributed by atoms with Crippen molar-refractivity contribution in [3.63, 3.8) is 0 Å². The van der Waals surface area contributed by atoms with E-state index < -0.39 is 0 Å². The van der Waals surface area contributed by atoms with Gasteiger partial charge in [0.05, 0.1) is 12.5 Å². The number of amides is 1. The molecule has 17 heavy (non-hydrogen) atoms. The third-order valence-corrected chi connectivity index (χ3v) is 2.81. The van der Waals surface area contributed by atoms with E-state index in [1.54, 1.807) is 18.7 Å². The van der Waals surface area contributed by atoms with E-state index in [0.29, 0.717) is 18.2 Å². The molecule has 94 valence electrons. The summed E-state index contributed by atoms with van der Waals surface area (Å²) in [6, 6.07) is 0. The summed E-state index contributed by atoms with van der Waals surface area (Å²) in [5, 5.41) is 6.82. The van der Waals surface area contributed by atoms with Crippen LogP contribution in [0.2, 0.25) is 0 Å². The second-order valence-electron chi connectivity index (χ2n) is 4.35. The van der Waals surface area contributed by atoms with Crippen molar-refractivity contribution < 1.29 is 9.53 Å². The number of anilines is 1. The van der Waals surface area contributed by atoms with Gasteiger partial charge < -0.3 is 4.74 Å². The van der Waals surface area contributed by atoms with Gasteiger partial charge in [-0.3, -0.25) is 10.1 Å². The van der Waals surface area contributed by atoms with Gasteiger partial charge >= 0.3 is 0 Å². The molecule has 1 amide bonds. The molecule has 1 aliphatic heterocycles. The normalized spacial score (nSPS) is 20.2. The minimum absolute atomic E-state index is 0.0538. The molecule has 6 nitrogen and oxygen atoms in total. The molecular weight excluding hydrogens is 220 g/mol. The van der Waals surface area contributed by atoms with Crippen LogP contribution < -0.4 is 5.32 Å². The van der Waals surface area contributed by atoms with Gasteiger partial charge in [0.1, 0.15) is 5.82 Å². The Bertz CT molecular complexity index is 396. The van der Waals surface area contributed by atoms with Crippen molar-refractivity contribution in [3.05, 3.63) is 5.82 Å². The lowest BCUT2D eigenvalue weighted by molar-refractivity contribution is -0.119. The third kappa shape index (κ3) is 3.26. The Morgan fingerprint density at radius 1 is 1.59 bits per heavy atom. The molecule has 1 aliphatic rings. The maximum absolute atomic E-state index is 11.8. The highest BCUT2D eigenvalue weighted by Crippen LogP contribution is 2.16. The number of nitrogens with zero attached hydrogens (tertiary/aromatic N) is 3. The van der Waals surface area contributed by atoms with Crippen LogP contribution in [0.5, 0.6) is 0 Å². The van der Waals surface area contributed by atoms with Gasteiger partial charge in [0.15, 0.2) is 0 Å². The number of hydrogen-bond donors (Lipinski definition) is 1. The van der Waals surface area contributed by atoms with Gasteiger partial charge in [-0.2, -0.15) is 10.1 Å². The van der Waals surface area contributed by atoms with E-state index in [0.717, 1.165) is 25.9 Å². The molecule has 0 spiro atoms. The maximum Gasteiger partial charge on any atom is 0.229 e. The van der Waals surface area contributed by atoms with E-state index in [-0.39, 0.29) is 12.0 Å². The highest BCUT2D eigenvalue weighted by Gasteiger charge is 2.18. The Hall–Kier alpha value is -1.43. The zero-order valence-electron chi connectivity index (χ0n) is 10.3. The summed E-state index contributed by atoms with van der Waals surface area (Å²) in [6.45, 7) is 2.56. The van der Waals surface area contributed by atoms with Crippen LogP contribution in [0.1, 0.15) is 31.5 Å². The molecule has 1 aromatic heterocycles. The van der Waals surface area contributed by atoms with Crippen LogP contribution in [0.15, 0.2) is 0 Å². The lowest BCUT2D eigenvalue weighted by Gasteiger charge is -2.21. The lowest BCUT2D eigenvalue weighted by Crippen LogP contribution is -2.26. The van der Waals surface area contributed by atoms with Crippen molar-refractivity contribution in [2.24, 2.45) is 7.05 Å². The minimum Gasteiger partial charge on any atom is -0.378 e. The van der Waals surface area contributed by atoms with Crippen LogP contribution in [0.4, 0.5) is 5.95 Å². The van der Waals surface area contributed by atoms with Crippen molar-refractivity contribution in [1.82, 2.24) is 14.8 Å². The SMILES string of the molecule is Cc1nc(NC(=O)C[C@H]2CCCCO2)n(C)n1. The summed E-state index contributed by atoms with van der Waals surface area (Å²) in [6.07, 6.45) is 3.65. The second kappa shape index (κ2) is 5.27. The van der Waals surface area contributed by atoms with Gasteiger partial charge in [-0.05, 0) is 26.2 Å². The summed E-state index contributed by atoms with van der Waals surface area (Å²) in [4.78, 5) is 15.9. The van der Waals surface area contributed by atoms with E-state index >= 15 is 0 Å². The Labute approximate surface area is 100 Å². The monoisotopic (exact) mass is 238 g/mol. The molecule has 1 N–H and O–H groups in total. The average Bonchev–Trinajstić information content (AvgIpc) is 2.58. The highest BCUT2D eigenvalue weighted by molar-refractivity contribution is 5.89. The van der Waals surface area contributed by atoms with Gasteiger partial charge in [-0.25, -0.2) is 4.68 Å². The first-order valence-corrected chi connectivity index (χ1v) is 5.94. The number of aryl methyl sites for hydroxylation is 2. The van der Waals surface area contributed by atoms with Crippen LogP contribution in [0.25, 0.3) is 0 Å². The van der Waals surface area contributed by atoms with Gasteiger partial charge in [-0.15, -0.1) is 0 Å². The molecule has 1 atom stereocenters. The quantitative estimate of drug-likeness (QED) is 0.853. The van der Waals surface area contributed by atoms with Crippen LogP contribution in [-0.2, 0) is 16.6 Å². The van der Waals surface area contributed by atoms with Crippen molar-refractivity contribution in [2.75, 3.05) is 11.9 Å². The summed E-state index contributed by atoms with van der Waals surface area (Å²) in [5.41, 5.74) is 0. The predicted molar refractivity (Wildman–Crippen MR) is 62.6 cm³/mol. The highest BCUT2D eigenvalue weighted by atomic mass is 16.5. The zero-order chi connectivity index (χ0) is 12.3. The Morgan fingerprint density at radius 2 is 2.41 bits per heavy atom. The first-order chi connectivity index (χ1) is 8.15. The molecule has 1 saturated heterocycles. The van der Waals surface area contributed by atoms with Crippen LogP contribution in [0, 0.1) is 6.92 Å². The van der Waals surface area contributed by atoms with Gasteiger partial charge in [0.2, 0.25) is 11.9 Å². The van der Waals surface area contributed by atoms with Crippen LogP contribution in [0.3, 0.4) is 0 Å². The molecular formula is C11H18N4O2. The van der Waals surface area contributed by atoms with Crippen molar-refractivity contribution in [1.29, 1.82) is 0 Å².